The van der Waals surface area contributed by atoms with Crippen molar-refractivity contribution in [2.75, 3.05) is 28.4 Å². The lowest BCUT2D eigenvalue weighted by Gasteiger charge is -2.23. The van der Waals surface area contributed by atoms with Gasteiger partial charge in [0, 0.05) is 23.9 Å². The minimum absolute atomic E-state index is 0.161. The highest BCUT2D eigenvalue weighted by Gasteiger charge is 2.54. The number of benzene rings is 2. The largest absolute Gasteiger partial charge is 0.497 e. The van der Waals surface area contributed by atoms with Gasteiger partial charge in [-0.3, -0.25) is 19.9 Å². The quantitative estimate of drug-likeness (QED) is 0.440. The number of methoxy groups -OCH3 is 1. The van der Waals surface area contributed by atoms with Crippen LogP contribution in [0.25, 0.3) is 0 Å². The molecule has 2 aliphatic rings. The molecule has 2 heterocycles. The molecule has 0 N–H and O–H groups in total. The van der Waals surface area contributed by atoms with Crippen LogP contribution in [0.4, 0.5) is 21.9 Å². The van der Waals surface area contributed by atoms with Gasteiger partial charge in [0.05, 0.1) is 41.3 Å². The van der Waals surface area contributed by atoms with Crippen LogP contribution in [0.15, 0.2) is 48.5 Å². The smallest absolute Gasteiger partial charge is 0.329 e. The fraction of sp³-hybridized carbons (Fsp3) is 0.278. The number of hydrogen-bond acceptors (Lipinski definition) is 6. The maximum absolute atomic E-state index is 13.3. The summed E-state index contributed by atoms with van der Waals surface area (Å²) < 4.78 is 29.8. The number of fused-ring (bicyclic) bond motifs is 1. The molecule has 0 bridgehead atoms. The molecule has 10 heteroatoms. The number of carbonyl (C=O) groups is 1. The van der Waals surface area contributed by atoms with Crippen LogP contribution in [-0.4, -0.2) is 50.1 Å². The number of rotatable bonds is 4. The Balaban J connectivity index is 1.81. The highest BCUT2D eigenvalue weighted by molar-refractivity contribution is 7.91. The summed E-state index contributed by atoms with van der Waals surface area (Å²) in [4.78, 5) is 26.6. The van der Waals surface area contributed by atoms with Gasteiger partial charge in [0.25, 0.3) is 5.69 Å². The maximum atomic E-state index is 13.3. The van der Waals surface area contributed by atoms with Crippen molar-refractivity contribution in [1.82, 2.24) is 0 Å². The first-order chi connectivity index (χ1) is 13.3. The molecule has 0 radical (unpaired) electrons. The number of ether oxygens (including phenoxy) is 1. The molecule has 2 saturated heterocycles. The number of nitro groups is 1. The van der Waals surface area contributed by atoms with Crippen LogP contribution in [0.3, 0.4) is 0 Å². The summed E-state index contributed by atoms with van der Waals surface area (Å²) in [5.74, 6) is 0.190. The number of urea groups is 1. The van der Waals surface area contributed by atoms with Crippen molar-refractivity contribution in [3.63, 3.8) is 0 Å². The number of amides is 2. The summed E-state index contributed by atoms with van der Waals surface area (Å²) in [7, 11) is -1.85. The summed E-state index contributed by atoms with van der Waals surface area (Å²) in [6.07, 6.45) is 0. The molecule has 0 spiro atoms. The van der Waals surface area contributed by atoms with Gasteiger partial charge < -0.3 is 4.74 Å². The summed E-state index contributed by atoms with van der Waals surface area (Å²) in [5.41, 5.74) is 0.656. The van der Waals surface area contributed by atoms with Gasteiger partial charge in [-0.05, 0) is 18.2 Å². The van der Waals surface area contributed by atoms with Gasteiger partial charge in [-0.1, -0.05) is 12.1 Å². The van der Waals surface area contributed by atoms with E-state index in [1.54, 1.807) is 30.3 Å². The molecule has 0 unspecified atom stereocenters. The SMILES string of the molecule is COc1cccc(N2C(=O)N(c3cccc([N+](=O)[O-])c3)[C@@H]3CS(=O)(=O)C[C@H]32)c1. The zero-order valence-corrected chi connectivity index (χ0v) is 15.7. The number of anilines is 2. The Morgan fingerprint density at radius 3 is 2.18 bits per heavy atom. The molecule has 2 amide bonds. The third kappa shape index (κ3) is 2.95. The summed E-state index contributed by atoms with van der Waals surface area (Å²) in [5, 5.41) is 11.1. The van der Waals surface area contributed by atoms with Gasteiger partial charge in [-0.2, -0.15) is 0 Å². The molecule has 0 aromatic heterocycles. The van der Waals surface area contributed by atoms with E-state index in [-0.39, 0.29) is 17.2 Å². The van der Waals surface area contributed by atoms with E-state index < -0.39 is 32.9 Å². The van der Waals surface area contributed by atoms with Gasteiger partial charge in [-0.25, -0.2) is 13.2 Å². The fourth-order valence-electron chi connectivity index (χ4n) is 3.82. The summed E-state index contributed by atoms with van der Waals surface area (Å²) in [6, 6.07) is 10.9. The highest BCUT2D eigenvalue weighted by Crippen LogP contribution is 2.39. The van der Waals surface area contributed by atoms with Crippen LogP contribution in [0.1, 0.15) is 0 Å². The standard InChI is InChI=1S/C18H17N3O6S/c1-27-15-7-3-5-13(9-15)20-17-11-28(25,26)10-16(17)19(18(20)22)12-4-2-6-14(8-12)21(23)24/h2-9,16-17H,10-11H2,1H3/t16-,17-/m1/s1. The molecule has 2 aliphatic heterocycles. The van der Waals surface area contributed by atoms with Crippen molar-refractivity contribution in [1.29, 1.82) is 0 Å². The monoisotopic (exact) mass is 403 g/mol. The van der Waals surface area contributed by atoms with Crippen LogP contribution in [0, 0.1) is 10.1 Å². The van der Waals surface area contributed by atoms with E-state index in [0.717, 1.165) is 0 Å². The van der Waals surface area contributed by atoms with Crippen molar-refractivity contribution in [3.8, 4) is 5.75 Å². The Bertz CT molecular complexity index is 1070. The Labute approximate surface area is 161 Å². The molecule has 0 aliphatic carbocycles. The molecular formula is C18H17N3O6S. The normalized spacial score (nSPS) is 23.0. The third-order valence-corrected chi connectivity index (χ3v) is 6.72. The molecule has 0 saturated carbocycles. The van der Waals surface area contributed by atoms with E-state index in [1.807, 2.05) is 0 Å². The van der Waals surface area contributed by atoms with Crippen LogP contribution in [0.5, 0.6) is 5.75 Å². The van der Waals surface area contributed by atoms with E-state index in [9.17, 15) is 23.3 Å². The Morgan fingerprint density at radius 2 is 1.61 bits per heavy atom. The molecule has 146 valence electrons. The van der Waals surface area contributed by atoms with Crippen molar-refractivity contribution in [2.24, 2.45) is 0 Å². The van der Waals surface area contributed by atoms with Gasteiger partial charge in [-0.15, -0.1) is 0 Å². The Morgan fingerprint density at radius 1 is 1.04 bits per heavy atom. The van der Waals surface area contributed by atoms with Crippen LogP contribution < -0.4 is 14.5 Å². The van der Waals surface area contributed by atoms with E-state index in [1.165, 1.54) is 35.1 Å². The third-order valence-electron chi connectivity index (χ3n) is 5.02. The van der Waals surface area contributed by atoms with Crippen molar-refractivity contribution in [2.45, 2.75) is 12.1 Å². The molecule has 4 rings (SSSR count). The van der Waals surface area contributed by atoms with E-state index >= 15 is 0 Å². The first kappa shape index (κ1) is 18.2. The molecule has 9 nitrogen and oxygen atoms in total. The number of non-ortho nitro benzene ring substituents is 1. The van der Waals surface area contributed by atoms with Crippen LogP contribution >= 0.6 is 0 Å². The van der Waals surface area contributed by atoms with Crippen LogP contribution in [-0.2, 0) is 9.84 Å². The molecule has 2 aromatic rings. The lowest BCUT2D eigenvalue weighted by Crippen LogP contribution is -2.37. The molecular weight excluding hydrogens is 386 g/mol. The van der Waals surface area contributed by atoms with Gasteiger partial charge in [0.2, 0.25) is 0 Å². The second-order valence-electron chi connectivity index (χ2n) is 6.71. The first-order valence-electron chi connectivity index (χ1n) is 8.52. The minimum Gasteiger partial charge on any atom is -0.497 e. The van der Waals surface area contributed by atoms with E-state index in [2.05, 4.69) is 0 Å². The lowest BCUT2D eigenvalue weighted by molar-refractivity contribution is -0.384. The molecule has 2 atom stereocenters. The second kappa shape index (κ2) is 6.48. The average molecular weight is 403 g/mol. The van der Waals surface area contributed by atoms with Crippen molar-refractivity contribution < 1.29 is 22.9 Å². The number of carbonyl (C=O) groups excluding carboxylic acids is 1. The predicted molar refractivity (Wildman–Crippen MR) is 103 cm³/mol. The van der Waals surface area contributed by atoms with E-state index in [0.29, 0.717) is 17.1 Å². The van der Waals surface area contributed by atoms with Gasteiger partial charge >= 0.3 is 6.03 Å². The van der Waals surface area contributed by atoms with Gasteiger partial charge in [0.1, 0.15) is 5.75 Å². The number of hydrogen-bond donors (Lipinski definition) is 0. The number of sulfone groups is 1. The zero-order chi connectivity index (χ0) is 20.1. The molecule has 2 fully saturated rings. The maximum Gasteiger partial charge on any atom is 0.329 e. The van der Waals surface area contributed by atoms with Crippen LogP contribution in [0.2, 0.25) is 0 Å². The lowest BCUT2D eigenvalue weighted by atomic mass is 10.1. The zero-order valence-electron chi connectivity index (χ0n) is 14.9. The summed E-state index contributed by atoms with van der Waals surface area (Å²) in [6.45, 7) is 0. The Kier molecular flexibility index (Phi) is 4.22. The Hall–Kier alpha value is -3.14. The average Bonchev–Trinajstić information content (AvgIpc) is 3.10. The second-order valence-corrected chi connectivity index (χ2v) is 8.87. The first-order valence-corrected chi connectivity index (χ1v) is 10.3. The minimum atomic E-state index is -3.35. The highest BCUT2D eigenvalue weighted by atomic mass is 32.2. The van der Waals surface area contributed by atoms with Gasteiger partial charge in [0.15, 0.2) is 9.84 Å². The van der Waals surface area contributed by atoms with Crippen molar-refractivity contribution in [3.05, 3.63) is 58.6 Å². The predicted octanol–water partition coefficient (Wildman–Crippen LogP) is 2.22. The molecule has 28 heavy (non-hydrogen) atoms. The number of nitro benzene ring substituents is 1. The van der Waals surface area contributed by atoms with Crippen molar-refractivity contribution >= 4 is 32.9 Å². The fourth-order valence-corrected chi connectivity index (χ4v) is 5.74. The van der Waals surface area contributed by atoms with E-state index in [4.69, 9.17) is 4.74 Å². The molecule has 2 aromatic carbocycles. The topological polar surface area (TPSA) is 110 Å². The number of nitrogens with zero attached hydrogens (tertiary/aromatic N) is 3. The summed E-state index contributed by atoms with van der Waals surface area (Å²) >= 11 is 0.